The van der Waals surface area contributed by atoms with Crippen LogP contribution in [0.15, 0.2) is 36.4 Å². The summed E-state index contributed by atoms with van der Waals surface area (Å²) in [6.45, 7) is 0. The molecule has 0 fully saturated rings. The van der Waals surface area contributed by atoms with Crippen molar-refractivity contribution in [3.8, 4) is 17.8 Å². The molecule has 1 aromatic heterocycles. The third-order valence-corrected chi connectivity index (χ3v) is 3.67. The van der Waals surface area contributed by atoms with Gasteiger partial charge in [0.1, 0.15) is 12.1 Å². The standard InChI is InChI=1S/C15H7ClN4S/c16-11-2-4-13-14(6-11)20(15(21)19-13)12-3-1-9(7-17)10(5-12)8-18/h1-6H,(H,19,21). The highest BCUT2D eigenvalue weighted by atomic mass is 35.5. The van der Waals surface area contributed by atoms with Crippen LogP contribution in [0.25, 0.3) is 16.7 Å². The van der Waals surface area contributed by atoms with E-state index in [2.05, 4.69) is 4.98 Å². The molecule has 21 heavy (non-hydrogen) atoms. The molecule has 0 bridgehead atoms. The summed E-state index contributed by atoms with van der Waals surface area (Å²) in [6, 6.07) is 14.4. The van der Waals surface area contributed by atoms with Gasteiger partial charge in [0.25, 0.3) is 0 Å². The van der Waals surface area contributed by atoms with Gasteiger partial charge in [0.2, 0.25) is 0 Å². The summed E-state index contributed by atoms with van der Waals surface area (Å²) in [4.78, 5) is 3.09. The molecule has 1 heterocycles. The third kappa shape index (κ3) is 2.19. The topological polar surface area (TPSA) is 68.3 Å². The number of imidazole rings is 1. The molecule has 0 saturated carbocycles. The summed E-state index contributed by atoms with van der Waals surface area (Å²) in [6.07, 6.45) is 0. The van der Waals surface area contributed by atoms with Crippen molar-refractivity contribution in [1.82, 2.24) is 9.55 Å². The minimum absolute atomic E-state index is 0.313. The molecule has 1 N–H and O–H groups in total. The maximum Gasteiger partial charge on any atom is 0.182 e. The normalized spacial score (nSPS) is 10.2. The SMILES string of the molecule is N#Cc1ccc(-n2c(=S)[nH]c3ccc(Cl)cc32)cc1C#N. The van der Waals surface area contributed by atoms with E-state index in [0.29, 0.717) is 26.6 Å². The maximum atomic E-state index is 9.13. The number of hydrogen-bond acceptors (Lipinski definition) is 3. The first-order valence-corrected chi connectivity index (χ1v) is 6.77. The van der Waals surface area contributed by atoms with Crippen molar-refractivity contribution >= 4 is 34.9 Å². The van der Waals surface area contributed by atoms with Crippen molar-refractivity contribution in [2.75, 3.05) is 0 Å². The van der Waals surface area contributed by atoms with Crippen molar-refractivity contribution in [1.29, 1.82) is 10.5 Å². The van der Waals surface area contributed by atoms with Crippen LogP contribution in [0.3, 0.4) is 0 Å². The molecular weight excluding hydrogens is 304 g/mol. The van der Waals surface area contributed by atoms with Gasteiger partial charge in [0.05, 0.1) is 22.2 Å². The second-order valence-electron chi connectivity index (χ2n) is 4.38. The molecule has 0 spiro atoms. The van der Waals surface area contributed by atoms with Crippen LogP contribution in [0.5, 0.6) is 0 Å². The Balaban J connectivity index is 2.34. The highest BCUT2D eigenvalue weighted by Gasteiger charge is 2.10. The van der Waals surface area contributed by atoms with Crippen LogP contribution in [0.4, 0.5) is 0 Å². The van der Waals surface area contributed by atoms with Crippen molar-refractivity contribution in [3.05, 3.63) is 57.3 Å². The quantitative estimate of drug-likeness (QED) is 0.688. The highest BCUT2D eigenvalue weighted by Crippen LogP contribution is 2.24. The van der Waals surface area contributed by atoms with E-state index in [4.69, 9.17) is 34.3 Å². The number of H-pyrrole nitrogens is 1. The van der Waals surface area contributed by atoms with E-state index in [1.165, 1.54) is 0 Å². The van der Waals surface area contributed by atoms with Gasteiger partial charge in [-0.3, -0.25) is 4.57 Å². The number of nitrogens with zero attached hydrogens (tertiary/aromatic N) is 3. The number of nitriles is 2. The minimum atomic E-state index is 0.313. The van der Waals surface area contributed by atoms with Crippen molar-refractivity contribution in [3.63, 3.8) is 0 Å². The largest absolute Gasteiger partial charge is 0.330 e. The van der Waals surface area contributed by atoms with Gasteiger partial charge in [-0.25, -0.2) is 0 Å². The summed E-state index contributed by atoms with van der Waals surface area (Å²) in [5.41, 5.74) is 3.04. The number of halogens is 1. The molecule has 0 atom stereocenters. The number of rotatable bonds is 1. The third-order valence-electron chi connectivity index (χ3n) is 3.15. The second-order valence-corrected chi connectivity index (χ2v) is 5.20. The van der Waals surface area contributed by atoms with E-state index in [-0.39, 0.29) is 0 Å². The van der Waals surface area contributed by atoms with E-state index in [1.807, 2.05) is 18.2 Å². The van der Waals surface area contributed by atoms with E-state index >= 15 is 0 Å². The van der Waals surface area contributed by atoms with Crippen molar-refractivity contribution < 1.29 is 0 Å². The average molecular weight is 311 g/mol. The molecular formula is C15H7ClN4S. The first kappa shape index (κ1) is 13.4. The van der Waals surface area contributed by atoms with E-state index in [9.17, 15) is 0 Å². The average Bonchev–Trinajstić information content (AvgIpc) is 2.81. The molecule has 3 aromatic rings. The summed E-state index contributed by atoms with van der Waals surface area (Å²) in [5, 5.41) is 18.7. The number of hydrogen-bond donors (Lipinski definition) is 1. The van der Waals surface area contributed by atoms with E-state index < -0.39 is 0 Å². The number of benzene rings is 2. The van der Waals surface area contributed by atoms with Crippen LogP contribution in [0, 0.1) is 27.4 Å². The Morgan fingerprint density at radius 2 is 1.81 bits per heavy atom. The fraction of sp³-hybridized carbons (Fsp3) is 0. The Morgan fingerprint density at radius 1 is 1.05 bits per heavy atom. The van der Waals surface area contributed by atoms with Crippen molar-refractivity contribution in [2.45, 2.75) is 0 Å². The van der Waals surface area contributed by atoms with Gasteiger partial charge >= 0.3 is 0 Å². The molecule has 0 radical (unpaired) electrons. The molecule has 3 rings (SSSR count). The van der Waals surface area contributed by atoms with Crippen LogP contribution in [0.2, 0.25) is 5.02 Å². The fourth-order valence-corrected chi connectivity index (χ4v) is 2.67. The monoisotopic (exact) mass is 310 g/mol. The Kier molecular flexibility index (Phi) is 3.23. The number of nitrogens with one attached hydrogen (secondary N) is 1. The summed E-state index contributed by atoms with van der Waals surface area (Å²) >= 11 is 11.4. The zero-order valence-electron chi connectivity index (χ0n) is 10.6. The summed E-state index contributed by atoms with van der Waals surface area (Å²) < 4.78 is 2.29. The zero-order chi connectivity index (χ0) is 15.0. The summed E-state index contributed by atoms with van der Waals surface area (Å²) in [7, 11) is 0. The van der Waals surface area contributed by atoms with Gasteiger partial charge in [-0.15, -0.1) is 0 Å². The Morgan fingerprint density at radius 3 is 2.52 bits per heavy atom. The highest BCUT2D eigenvalue weighted by molar-refractivity contribution is 7.71. The Hall–Kier alpha value is -2.60. The van der Waals surface area contributed by atoms with Crippen LogP contribution >= 0.6 is 23.8 Å². The lowest BCUT2D eigenvalue weighted by Gasteiger charge is -2.06. The van der Waals surface area contributed by atoms with Gasteiger partial charge in [-0.2, -0.15) is 10.5 Å². The lowest BCUT2D eigenvalue weighted by Crippen LogP contribution is -1.96. The Labute approximate surface area is 130 Å². The second kappa shape index (κ2) is 5.06. The maximum absolute atomic E-state index is 9.13. The summed E-state index contributed by atoms with van der Waals surface area (Å²) in [5.74, 6) is 0. The van der Waals surface area contributed by atoms with Gasteiger partial charge in [0, 0.05) is 10.7 Å². The first-order valence-electron chi connectivity index (χ1n) is 5.99. The molecule has 0 aliphatic heterocycles. The van der Waals surface area contributed by atoms with Crippen LogP contribution in [-0.4, -0.2) is 9.55 Å². The zero-order valence-corrected chi connectivity index (χ0v) is 12.2. The van der Waals surface area contributed by atoms with Crippen LogP contribution in [0.1, 0.15) is 11.1 Å². The van der Waals surface area contributed by atoms with E-state index in [0.717, 1.165) is 11.0 Å². The molecule has 2 aromatic carbocycles. The smallest absolute Gasteiger partial charge is 0.182 e. The fourth-order valence-electron chi connectivity index (χ4n) is 2.19. The number of aromatic amines is 1. The van der Waals surface area contributed by atoms with Crippen LogP contribution < -0.4 is 0 Å². The van der Waals surface area contributed by atoms with Crippen molar-refractivity contribution in [2.24, 2.45) is 0 Å². The molecule has 0 amide bonds. The molecule has 0 saturated heterocycles. The first-order chi connectivity index (χ1) is 10.1. The van der Waals surface area contributed by atoms with Crippen LogP contribution in [-0.2, 0) is 0 Å². The number of aromatic nitrogens is 2. The lowest BCUT2D eigenvalue weighted by atomic mass is 10.1. The predicted octanol–water partition coefficient (Wildman–Crippen LogP) is 4.08. The molecule has 0 aliphatic carbocycles. The van der Waals surface area contributed by atoms with Gasteiger partial charge in [-0.1, -0.05) is 11.6 Å². The minimum Gasteiger partial charge on any atom is -0.330 e. The van der Waals surface area contributed by atoms with Gasteiger partial charge in [-0.05, 0) is 48.6 Å². The molecule has 6 heteroatoms. The molecule has 0 unspecified atom stereocenters. The van der Waals surface area contributed by atoms with Gasteiger partial charge in [0.15, 0.2) is 4.77 Å². The molecule has 100 valence electrons. The Bertz CT molecular complexity index is 1000. The van der Waals surface area contributed by atoms with E-state index in [1.54, 1.807) is 34.9 Å². The van der Waals surface area contributed by atoms with Gasteiger partial charge < -0.3 is 4.98 Å². The molecule has 4 nitrogen and oxygen atoms in total. The predicted molar refractivity (Wildman–Crippen MR) is 82.9 cm³/mol. The lowest BCUT2D eigenvalue weighted by molar-refractivity contribution is 1.06. The number of fused-ring (bicyclic) bond motifs is 1. The molecule has 0 aliphatic rings.